The van der Waals surface area contributed by atoms with Crippen LogP contribution in [-0.2, 0) is 0 Å². The maximum Gasteiger partial charge on any atom is 0.391 e. The van der Waals surface area contributed by atoms with Gasteiger partial charge < -0.3 is 16.2 Å². The first-order chi connectivity index (χ1) is 8.60. The van der Waals surface area contributed by atoms with Crippen LogP contribution in [0.2, 0.25) is 0 Å². The molecule has 0 aliphatic heterocycles. The molecule has 8 heteroatoms. The molecule has 19 heavy (non-hydrogen) atoms. The first-order valence-corrected chi connectivity index (χ1v) is 5.25. The van der Waals surface area contributed by atoms with Crippen LogP contribution in [0, 0.1) is 5.82 Å². The van der Waals surface area contributed by atoms with Crippen molar-refractivity contribution in [3.05, 3.63) is 23.5 Å². The molecule has 0 aliphatic carbocycles. The number of aromatic carboxylic acids is 1. The average Bonchev–Trinajstić information content (AvgIpc) is 2.19. The summed E-state index contributed by atoms with van der Waals surface area (Å²) in [5, 5.41) is 11.0. The second kappa shape index (κ2) is 5.33. The molecule has 0 aliphatic rings. The number of anilines is 2. The zero-order valence-corrected chi connectivity index (χ0v) is 9.88. The van der Waals surface area contributed by atoms with E-state index in [0.29, 0.717) is 0 Å². The third-order valence-electron chi connectivity index (χ3n) is 2.31. The number of rotatable bonds is 4. The molecule has 1 aromatic carbocycles. The minimum Gasteiger partial charge on any atom is -0.478 e. The Labute approximate surface area is 106 Å². The minimum absolute atomic E-state index is 0.0701. The Morgan fingerprint density at radius 3 is 2.53 bits per heavy atom. The quantitative estimate of drug-likeness (QED) is 0.585. The summed E-state index contributed by atoms with van der Waals surface area (Å²) in [4.78, 5) is 10.6. The highest BCUT2D eigenvalue weighted by Crippen LogP contribution is 2.27. The van der Waals surface area contributed by atoms with Crippen molar-refractivity contribution < 1.29 is 27.5 Å². The fraction of sp³-hybridized carbons (Fsp3) is 0.364. The number of alkyl halides is 3. The summed E-state index contributed by atoms with van der Waals surface area (Å²) >= 11 is 0. The molecule has 1 atom stereocenters. The number of nitrogens with two attached hydrogens (primary N) is 1. The fourth-order valence-corrected chi connectivity index (χ4v) is 1.54. The molecule has 0 bridgehead atoms. The summed E-state index contributed by atoms with van der Waals surface area (Å²) < 4.78 is 49.8. The summed E-state index contributed by atoms with van der Waals surface area (Å²) in [6, 6.07) is 0.615. The lowest BCUT2D eigenvalue weighted by atomic mass is 10.1. The van der Waals surface area contributed by atoms with E-state index in [1.807, 2.05) is 0 Å². The molecule has 0 heterocycles. The molecule has 1 unspecified atom stereocenters. The van der Waals surface area contributed by atoms with E-state index in [-0.39, 0.29) is 11.4 Å². The number of carbonyl (C=O) groups is 1. The SMILES string of the molecule is CC(CC(F)(F)F)Nc1cc(F)c(C(=O)O)cc1N. The fourth-order valence-electron chi connectivity index (χ4n) is 1.54. The van der Waals surface area contributed by atoms with Crippen molar-refractivity contribution in [3.63, 3.8) is 0 Å². The highest BCUT2D eigenvalue weighted by Gasteiger charge is 2.30. The second-order valence-electron chi connectivity index (χ2n) is 4.09. The third kappa shape index (κ3) is 4.31. The van der Waals surface area contributed by atoms with Gasteiger partial charge in [0.25, 0.3) is 0 Å². The summed E-state index contributed by atoms with van der Waals surface area (Å²) in [5.41, 5.74) is 4.63. The van der Waals surface area contributed by atoms with Gasteiger partial charge in [-0.05, 0) is 19.1 Å². The maximum atomic E-state index is 13.4. The second-order valence-corrected chi connectivity index (χ2v) is 4.09. The van der Waals surface area contributed by atoms with E-state index in [0.717, 1.165) is 12.1 Å². The van der Waals surface area contributed by atoms with E-state index >= 15 is 0 Å². The average molecular weight is 280 g/mol. The van der Waals surface area contributed by atoms with Crippen LogP contribution in [0.4, 0.5) is 28.9 Å². The summed E-state index contributed by atoms with van der Waals surface area (Å²) in [5.74, 6) is -2.57. The predicted molar refractivity (Wildman–Crippen MR) is 61.5 cm³/mol. The van der Waals surface area contributed by atoms with Gasteiger partial charge in [0, 0.05) is 6.04 Å². The number of nitrogens with one attached hydrogen (secondary N) is 1. The van der Waals surface area contributed by atoms with Gasteiger partial charge in [-0.15, -0.1) is 0 Å². The first kappa shape index (κ1) is 15.1. The Kier molecular flexibility index (Phi) is 4.23. The van der Waals surface area contributed by atoms with Crippen LogP contribution in [0.5, 0.6) is 0 Å². The number of hydrogen-bond acceptors (Lipinski definition) is 3. The Morgan fingerprint density at radius 1 is 1.47 bits per heavy atom. The summed E-state index contributed by atoms with van der Waals surface area (Å²) in [6.07, 6.45) is -5.48. The molecule has 0 saturated heterocycles. The van der Waals surface area contributed by atoms with Gasteiger partial charge in [0.05, 0.1) is 23.4 Å². The first-order valence-electron chi connectivity index (χ1n) is 5.25. The molecule has 4 N–H and O–H groups in total. The van der Waals surface area contributed by atoms with Crippen LogP contribution < -0.4 is 11.1 Å². The Balaban J connectivity index is 2.91. The van der Waals surface area contributed by atoms with Gasteiger partial charge in [-0.25, -0.2) is 9.18 Å². The molecular weight excluding hydrogens is 268 g/mol. The topological polar surface area (TPSA) is 75.3 Å². The van der Waals surface area contributed by atoms with Gasteiger partial charge in [-0.1, -0.05) is 0 Å². The van der Waals surface area contributed by atoms with Crippen LogP contribution in [0.1, 0.15) is 23.7 Å². The molecule has 0 aromatic heterocycles. The van der Waals surface area contributed by atoms with Crippen molar-refractivity contribution >= 4 is 17.3 Å². The molecule has 0 saturated carbocycles. The molecule has 1 aromatic rings. The van der Waals surface area contributed by atoms with E-state index in [2.05, 4.69) is 5.32 Å². The third-order valence-corrected chi connectivity index (χ3v) is 2.31. The molecule has 1 rings (SSSR count). The van der Waals surface area contributed by atoms with Crippen molar-refractivity contribution in [1.29, 1.82) is 0 Å². The Hall–Kier alpha value is -1.99. The zero-order chi connectivity index (χ0) is 14.8. The highest BCUT2D eigenvalue weighted by molar-refractivity contribution is 5.90. The zero-order valence-electron chi connectivity index (χ0n) is 9.88. The van der Waals surface area contributed by atoms with Crippen molar-refractivity contribution in [2.45, 2.75) is 25.6 Å². The molecule has 0 amide bonds. The van der Waals surface area contributed by atoms with Gasteiger partial charge in [-0.2, -0.15) is 13.2 Å². The van der Waals surface area contributed by atoms with Crippen molar-refractivity contribution in [2.75, 3.05) is 11.1 Å². The number of halogens is 4. The number of benzene rings is 1. The standard InChI is InChI=1S/C11H12F4N2O2/c1-5(4-11(13,14)15)17-9-3-7(12)6(10(18)19)2-8(9)16/h2-3,5,17H,4,16H2,1H3,(H,18,19). The van der Waals surface area contributed by atoms with Gasteiger partial charge in [-0.3, -0.25) is 0 Å². The predicted octanol–water partition coefficient (Wildman–Crippen LogP) is 2.86. The normalized spacial score (nSPS) is 13.1. The summed E-state index contributed by atoms with van der Waals surface area (Å²) in [6.45, 7) is 1.26. The van der Waals surface area contributed by atoms with E-state index in [9.17, 15) is 22.4 Å². The Morgan fingerprint density at radius 2 is 2.05 bits per heavy atom. The molecule has 106 valence electrons. The van der Waals surface area contributed by atoms with Crippen LogP contribution in [0.3, 0.4) is 0 Å². The van der Waals surface area contributed by atoms with Gasteiger partial charge >= 0.3 is 12.1 Å². The van der Waals surface area contributed by atoms with E-state index in [4.69, 9.17) is 10.8 Å². The number of carboxylic acids is 1. The van der Waals surface area contributed by atoms with Crippen LogP contribution in [0.25, 0.3) is 0 Å². The lowest BCUT2D eigenvalue weighted by Gasteiger charge is -2.18. The summed E-state index contributed by atoms with van der Waals surface area (Å²) in [7, 11) is 0. The van der Waals surface area contributed by atoms with Crippen molar-refractivity contribution in [2.24, 2.45) is 0 Å². The van der Waals surface area contributed by atoms with E-state index < -0.39 is 36.0 Å². The van der Waals surface area contributed by atoms with Gasteiger partial charge in [0.1, 0.15) is 5.82 Å². The minimum atomic E-state index is -4.36. The van der Waals surface area contributed by atoms with E-state index in [1.54, 1.807) is 0 Å². The Bertz CT molecular complexity index is 488. The van der Waals surface area contributed by atoms with E-state index in [1.165, 1.54) is 6.92 Å². The monoisotopic (exact) mass is 280 g/mol. The van der Waals surface area contributed by atoms with Gasteiger partial charge in [0.15, 0.2) is 0 Å². The van der Waals surface area contributed by atoms with Crippen LogP contribution in [0.15, 0.2) is 12.1 Å². The van der Waals surface area contributed by atoms with Crippen molar-refractivity contribution in [1.82, 2.24) is 0 Å². The van der Waals surface area contributed by atoms with Crippen LogP contribution in [-0.4, -0.2) is 23.3 Å². The smallest absolute Gasteiger partial charge is 0.391 e. The van der Waals surface area contributed by atoms with Crippen molar-refractivity contribution in [3.8, 4) is 0 Å². The lowest BCUT2D eigenvalue weighted by molar-refractivity contribution is -0.136. The molecule has 4 nitrogen and oxygen atoms in total. The van der Waals surface area contributed by atoms with Crippen LogP contribution >= 0.6 is 0 Å². The highest BCUT2D eigenvalue weighted by atomic mass is 19.4. The largest absolute Gasteiger partial charge is 0.478 e. The lowest BCUT2D eigenvalue weighted by Crippen LogP contribution is -2.24. The maximum absolute atomic E-state index is 13.4. The molecule has 0 spiro atoms. The number of carboxylic acid groups (broad SMARTS) is 1. The molecule has 0 fully saturated rings. The number of nitrogen functional groups attached to an aromatic ring is 1. The molecular formula is C11H12F4N2O2. The molecule has 0 radical (unpaired) electrons. The van der Waals surface area contributed by atoms with Gasteiger partial charge in [0.2, 0.25) is 0 Å². The number of hydrogen-bond donors (Lipinski definition) is 3.